The largest absolute Gasteiger partial charge is 0.394 e. The van der Waals surface area contributed by atoms with Crippen molar-refractivity contribution in [3.63, 3.8) is 0 Å². The van der Waals surface area contributed by atoms with E-state index in [9.17, 15) is 0 Å². The molecular weight excluding hydrogens is 180 g/mol. The van der Waals surface area contributed by atoms with Crippen LogP contribution in [0.5, 0.6) is 0 Å². The fraction of sp³-hybridized carbons (Fsp3) is 0.667. The van der Waals surface area contributed by atoms with Crippen molar-refractivity contribution in [3.05, 3.63) is 0 Å². The van der Waals surface area contributed by atoms with E-state index in [4.69, 9.17) is 30.6 Å². The fourth-order valence-electron chi connectivity index (χ4n) is 0.231. The molecule has 0 aliphatic rings. The lowest BCUT2D eigenvalue weighted by atomic mass is 10.7. The van der Waals surface area contributed by atoms with Crippen molar-refractivity contribution in [3.8, 4) is 0 Å². The summed E-state index contributed by atoms with van der Waals surface area (Å²) in [7, 11) is 0. The van der Waals surface area contributed by atoms with Gasteiger partial charge in [-0.15, -0.1) is 0 Å². The van der Waals surface area contributed by atoms with Gasteiger partial charge in [0.15, 0.2) is 0 Å². The van der Waals surface area contributed by atoms with E-state index in [0.29, 0.717) is 13.2 Å². The zero-order valence-electron chi connectivity index (χ0n) is 6.95. The van der Waals surface area contributed by atoms with Crippen molar-refractivity contribution in [2.24, 2.45) is 0 Å². The minimum Gasteiger partial charge on any atom is -0.394 e. The molecule has 0 spiro atoms. The molecule has 0 aromatic carbocycles. The van der Waals surface area contributed by atoms with Gasteiger partial charge in [0.25, 0.3) is 0 Å². The Kier molecular flexibility index (Phi) is 42.2. The van der Waals surface area contributed by atoms with Crippen LogP contribution in [0, 0.1) is 10.8 Å². The van der Waals surface area contributed by atoms with Gasteiger partial charge in [0.05, 0.1) is 26.4 Å². The summed E-state index contributed by atoms with van der Waals surface area (Å²) < 4.78 is 4.63. The molecule has 0 saturated heterocycles. The molecule has 0 bridgehead atoms. The SMILES string of the molecule is N=C=O.N=C=O.OCCOCCO. The third-order valence-electron chi connectivity index (χ3n) is 0.471. The summed E-state index contributed by atoms with van der Waals surface area (Å²) in [5.41, 5.74) is 0. The van der Waals surface area contributed by atoms with Gasteiger partial charge in [0.1, 0.15) is 0 Å². The van der Waals surface area contributed by atoms with Crippen molar-refractivity contribution in [1.82, 2.24) is 0 Å². The maximum Gasteiger partial charge on any atom is 0.231 e. The van der Waals surface area contributed by atoms with Gasteiger partial charge >= 0.3 is 0 Å². The Bertz CT molecular complexity index is 122. The van der Waals surface area contributed by atoms with Crippen LogP contribution in [0.3, 0.4) is 0 Å². The molecule has 7 heteroatoms. The lowest BCUT2D eigenvalue weighted by Gasteiger charge is -1.94. The normalized spacial score (nSPS) is 6.31. The monoisotopic (exact) mass is 192 g/mol. The maximum absolute atomic E-state index is 8.35. The highest BCUT2D eigenvalue weighted by atomic mass is 16.5. The molecule has 0 aliphatic heterocycles. The first-order valence-corrected chi connectivity index (χ1v) is 3.12. The zero-order valence-corrected chi connectivity index (χ0v) is 6.95. The number of aliphatic hydroxyl groups is 2. The molecule has 0 fully saturated rings. The number of ether oxygens (including phenoxy) is 1. The smallest absolute Gasteiger partial charge is 0.231 e. The molecule has 13 heavy (non-hydrogen) atoms. The van der Waals surface area contributed by atoms with E-state index in [0.717, 1.165) is 12.2 Å². The number of nitrogens with one attached hydrogen (secondary N) is 2. The van der Waals surface area contributed by atoms with Crippen molar-refractivity contribution in [2.75, 3.05) is 26.4 Å². The molecule has 0 heterocycles. The van der Waals surface area contributed by atoms with E-state index in [1.807, 2.05) is 0 Å². The minimum absolute atomic E-state index is 0.0278. The third-order valence-corrected chi connectivity index (χ3v) is 0.471. The molecular formula is C6H12N2O5. The average Bonchev–Trinajstić information content (AvgIpc) is 2.08. The summed E-state index contributed by atoms with van der Waals surface area (Å²) in [6.07, 6.45) is 1.50. The third kappa shape index (κ3) is 114. The van der Waals surface area contributed by atoms with E-state index in [-0.39, 0.29) is 13.2 Å². The van der Waals surface area contributed by atoms with Crippen LogP contribution in [0.15, 0.2) is 0 Å². The Morgan fingerprint density at radius 2 is 1.23 bits per heavy atom. The van der Waals surface area contributed by atoms with E-state index < -0.39 is 0 Å². The Labute approximate surface area is 75.0 Å². The van der Waals surface area contributed by atoms with Crippen LogP contribution in [0.1, 0.15) is 0 Å². The molecule has 0 amide bonds. The predicted octanol–water partition coefficient (Wildman–Crippen LogP) is -1.21. The second-order valence-electron chi connectivity index (χ2n) is 1.26. The van der Waals surface area contributed by atoms with Crippen LogP contribution >= 0.6 is 0 Å². The van der Waals surface area contributed by atoms with Gasteiger partial charge in [-0.05, 0) is 0 Å². The number of isocyanates is 2. The lowest BCUT2D eigenvalue weighted by molar-refractivity contribution is 0.0650. The number of aliphatic hydroxyl groups excluding tert-OH is 2. The number of hydrogen-bond acceptors (Lipinski definition) is 7. The molecule has 4 N–H and O–H groups in total. The standard InChI is InChI=1S/C4H10O3.2CHNO/c5-1-3-7-4-2-6;2*2-1-3/h5-6H,1-4H2;2*2H. The first kappa shape index (κ1) is 17.7. The molecule has 0 aromatic heterocycles. The summed E-state index contributed by atoms with van der Waals surface area (Å²) in [6, 6.07) is 0. The molecule has 0 aliphatic carbocycles. The first-order valence-electron chi connectivity index (χ1n) is 3.12. The average molecular weight is 192 g/mol. The molecule has 7 nitrogen and oxygen atoms in total. The van der Waals surface area contributed by atoms with Gasteiger partial charge < -0.3 is 14.9 Å². The highest BCUT2D eigenvalue weighted by Gasteiger charge is 1.79. The van der Waals surface area contributed by atoms with Gasteiger partial charge in [0.2, 0.25) is 12.2 Å². The van der Waals surface area contributed by atoms with Crippen LogP contribution in [0.2, 0.25) is 0 Å². The first-order chi connectivity index (χ1) is 6.24. The second-order valence-corrected chi connectivity index (χ2v) is 1.26. The Morgan fingerprint density at radius 3 is 1.38 bits per heavy atom. The van der Waals surface area contributed by atoms with Crippen LogP contribution in [0.25, 0.3) is 0 Å². The van der Waals surface area contributed by atoms with E-state index in [1.165, 1.54) is 0 Å². The highest BCUT2D eigenvalue weighted by molar-refractivity contribution is 5.26. The molecule has 0 aromatic rings. The molecule has 0 unspecified atom stereocenters. The number of hydrogen-bond donors (Lipinski definition) is 4. The van der Waals surface area contributed by atoms with Crippen LogP contribution in [-0.2, 0) is 14.3 Å². The zero-order chi connectivity index (χ0) is 10.9. The summed E-state index contributed by atoms with van der Waals surface area (Å²) >= 11 is 0. The molecule has 0 atom stereocenters. The summed E-state index contributed by atoms with van der Waals surface area (Å²) in [4.78, 5) is 16.7. The molecule has 0 radical (unpaired) electrons. The van der Waals surface area contributed by atoms with Crippen LogP contribution in [-0.4, -0.2) is 48.8 Å². The van der Waals surface area contributed by atoms with E-state index in [1.54, 1.807) is 0 Å². The van der Waals surface area contributed by atoms with Crippen LogP contribution in [0.4, 0.5) is 0 Å². The topological polar surface area (TPSA) is 132 Å². The molecule has 0 rings (SSSR count). The van der Waals surface area contributed by atoms with E-state index in [2.05, 4.69) is 4.74 Å². The lowest BCUT2D eigenvalue weighted by Crippen LogP contribution is -2.03. The van der Waals surface area contributed by atoms with Crippen molar-refractivity contribution in [2.45, 2.75) is 0 Å². The van der Waals surface area contributed by atoms with Crippen LogP contribution < -0.4 is 0 Å². The van der Waals surface area contributed by atoms with Gasteiger partial charge in [-0.3, -0.25) is 0 Å². The van der Waals surface area contributed by atoms with Crippen molar-refractivity contribution < 1.29 is 24.5 Å². The Balaban J connectivity index is -0.000000140. The predicted molar refractivity (Wildman–Crippen MR) is 41.8 cm³/mol. The molecule has 76 valence electrons. The number of carbonyl (C=O) groups excluding carboxylic acids is 2. The van der Waals surface area contributed by atoms with Gasteiger partial charge in [-0.1, -0.05) is 0 Å². The van der Waals surface area contributed by atoms with Crippen molar-refractivity contribution >= 4 is 12.2 Å². The second kappa shape index (κ2) is 31.1. The van der Waals surface area contributed by atoms with Gasteiger partial charge in [-0.25, -0.2) is 20.4 Å². The number of rotatable bonds is 4. The fourth-order valence-corrected chi connectivity index (χ4v) is 0.231. The van der Waals surface area contributed by atoms with Gasteiger partial charge in [0, 0.05) is 0 Å². The highest BCUT2D eigenvalue weighted by Crippen LogP contribution is 1.68. The van der Waals surface area contributed by atoms with E-state index >= 15 is 0 Å². The summed E-state index contributed by atoms with van der Waals surface area (Å²) in [6.45, 7) is 0.696. The minimum atomic E-state index is 0.0278. The van der Waals surface area contributed by atoms with Crippen molar-refractivity contribution in [1.29, 1.82) is 10.8 Å². The summed E-state index contributed by atoms with van der Waals surface area (Å²) in [5.74, 6) is 0. The quantitative estimate of drug-likeness (QED) is 0.252. The Hall–Kier alpha value is -1.36. The Morgan fingerprint density at radius 1 is 1.00 bits per heavy atom. The maximum atomic E-state index is 8.35. The molecule has 0 saturated carbocycles. The van der Waals surface area contributed by atoms with Gasteiger partial charge in [-0.2, -0.15) is 0 Å². The summed E-state index contributed by atoms with van der Waals surface area (Å²) in [5, 5.41) is 27.0.